The Morgan fingerprint density at radius 1 is 1.40 bits per heavy atom. The fourth-order valence-corrected chi connectivity index (χ4v) is 1.14. The van der Waals surface area contributed by atoms with Crippen LogP contribution in [0.4, 0.5) is 5.69 Å². The maximum absolute atomic E-state index is 11.1. The molecule has 0 aliphatic heterocycles. The number of hydrogen-bond acceptors (Lipinski definition) is 3. The van der Waals surface area contributed by atoms with Gasteiger partial charge < -0.3 is 10.1 Å². The molecule has 0 saturated carbocycles. The number of esters is 1. The van der Waals surface area contributed by atoms with E-state index in [2.05, 4.69) is 21.2 Å². The highest BCUT2D eigenvalue weighted by Gasteiger charge is 2.07. The second-order valence-electron chi connectivity index (χ2n) is 2.77. The third-order valence-corrected chi connectivity index (χ3v) is 2.05. The van der Waals surface area contributed by atoms with Gasteiger partial charge >= 0.3 is 5.97 Å². The number of rotatable bonds is 3. The molecule has 0 fully saturated rings. The number of carbonyl (C=O) groups is 2. The molecule has 0 aromatic heterocycles. The summed E-state index contributed by atoms with van der Waals surface area (Å²) < 4.78 is 4.92. The zero-order valence-electron chi connectivity index (χ0n) is 8.12. The molecule has 1 N–H and O–H groups in total. The van der Waals surface area contributed by atoms with Crippen LogP contribution in [0, 0.1) is 0 Å². The first-order valence-corrected chi connectivity index (χ1v) is 5.39. The van der Waals surface area contributed by atoms with Crippen molar-refractivity contribution >= 4 is 33.5 Å². The first-order valence-electron chi connectivity index (χ1n) is 4.26. The van der Waals surface area contributed by atoms with E-state index in [9.17, 15) is 9.59 Å². The Morgan fingerprint density at radius 3 is 2.67 bits per heavy atom. The smallest absolute Gasteiger partial charge is 0.308 e. The zero-order chi connectivity index (χ0) is 11.3. The molecule has 0 spiro atoms. The average Bonchev–Trinajstić information content (AvgIpc) is 2.20. The van der Waals surface area contributed by atoms with Crippen LogP contribution in [-0.4, -0.2) is 17.2 Å². The minimum absolute atomic E-state index is 0.196. The summed E-state index contributed by atoms with van der Waals surface area (Å²) in [6.07, 6.45) is 0. The molecule has 0 bridgehead atoms. The number of para-hydroxylation sites is 2. The minimum Gasteiger partial charge on any atom is -0.424 e. The van der Waals surface area contributed by atoms with Gasteiger partial charge in [-0.05, 0) is 12.1 Å². The van der Waals surface area contributed by atoms with Crippen LogP contribution in [0.15, 0.2) is 24.3 Å². The van der Waals surface area contributed by atoms with Crippen molar-refractivity contribution in [2.24, 2.45) is 0 Å². The predicted octanol–water partition coefficient (Wildman–Crippen LogP) is 1.95. The Balaban J connectivity index is 2.85. The van der Waals surface area contributed by atoms with Crippen LogP contribution in [0.3, 0.4) is 0 Å². The van der Waals surface area contributed by atoms with Crippen molar-refractivity contribution in [3.8, 4) is 5.75 Å². The maximum Gasteiger partial charge on any atom is 0.308 e. The lowest BCUT2D eigenvalue weighted by molar-refractivity contribution is -0.131. The van der Waals surface area contributed by atoms with Crippen molar-refractivity contribution in [3.63, 3.8) is 0 Å². The number of ether oxygens (including phenoxy) is 1. The number of nitrogens with one attached hydrogen (secondary N) is 1. The number of hydrogen-bond donors (Lipinski definition) is 1. The van der Waals surface area contributed by atoms with Crippen LogP contribution in [0.1, 0.15) is 6.92 Å². The predicted molar refractivity (Wildman–Crippen MR) is 60.2 cm³/mol. The van der Waals surface area contributed by atoms with E-state index in [4.69, 9.17) is 4.74 Å². The van der Waals surface area contributed by atoms with Crippen LogP contribution in [0.5, 0.6) is 5.75 Å². The van der Waals surface area contributed by atoms with Gasteiger partial charge in [0, 0.05) is 6.92 Å². The molecule has 0 aliphatic carbocycles. The van der Waals surface area contributed by atoms with Crippen LogP contribution < -0.4 is 10.1 Å². The van der Waals surface area contributed by atoms with Gasteiger partial charge in [0.05, 0.1) is 11.0 Å². The molecule has 1 rings (SSSR count). The topological polar surface area (TPSA) is 55.4 Å². The van der Waals surface area contributed by atoms with Crippen LogP contribution in [0.2, 0.25) is 0 Å². The lowest BCUT2D eigenvalue weighted by atomic mass is 10.3. The van der Waals surface area contributed by atoms with Crippen molar-refractivity contribution in [2.75, 3.05) is 10.6 Å². The molecule has 1 amide bonds. The molecular weight excluding hydrogens is 262 g/mol. The number of alkyl halides is 1. The SMILES string of the molecule is CC(=O)Oc1ccccc1NC(=O)CBr. The molecule has 0 heterocycles. The largest absolute Gasteiger partial charge is 0.424 e. The van der Waals surface area contributed by atoms with Gasteiger partial charge in [-0.3, -0.25) is 9.59 Å². The van der Waals surface area contributed by atoms with E-state index in [1.165, 1.54) is 6.92 Å². The summed E-state index contributed by atoms with van der Waals surface area (Å²) in [5.41, 5.74) is 0.483. The molecule has 5 heteroatoms. The fraction of sp³-hybridized carbons (Fsp3) is 0.200. The second kappa shape index (κ2) is 5.50. The third kappa shape index (κ3) is 3.71. The quantitative estimate of drug-likeness (QED) is 0.519. The number of carbonyl (C=O) groups excluding carboxylic acids is 2. The normalized spacial score (nSPS) is 9.47. The molecule has 0 radical (unpaired) electrons. The summed E-state index contributed by atoms with van der Waals surface area (Å²) in [7, 11) is 0. The standard InChI is InChI=1S/C10H10BrNO3/c1-7(13)15-9-5-3-2-4-8(9)12-10(14)6-11/h2-5H,6H2,1H3,(H,12,14). The van der Waals surface area contributed by atoms with Gasteiger partial charge in [-0.15, -0.1) is 0 Å². The molecule has 4 nitrogen and oxygen atoms in total. The number of anilines is 1. The first-order chi connectivity index (χ1) is 7.13. The number of benzene rings is 1. The van der Waals surface area contributed by atoms with Crippen molar-refractivity contribution in [3.05, 3.63) is 24.3 Å². The van der Waals surface area contributed by atoms with E-state index < -0.39 is 5.97 Å². The number of halogens is 1. The van der Waals surface area contributed by atoms with Gasteiger partial charge in [0.1, 0.15) is 0 Å². The van der Waals surface area contributed by atoms with E-state index in [-0.39, 0.29) is 11.2 Å². The summed E-state index contributed by atoms with van der Waals surface area (Å²) in [4.78, 5) is 21.9. The highest BCUT2D eigenvalue weighted by molar-refractivity contribution is 9.09. The number of amides is 1. The first kappa shape index (κ1) is 11.7. The molecule has 1 aromatic carbocycles. The van der Waals surface area contributed by atoms with E-state index in [1.807, 2.05) is 0 Å². The third-order valence-electron chi connectivity index (χ3n) is 1.54. The average molecular weight is 272 g/mol. The highest BCUT2D eigenvalue weighted by atomic mass is 79.9. The minimum atomic E-state index is -0.421. The summed E-state index contributed by atoms with van der Waals surface area (Å²) >= 11 is 3.03. The summed E-state index contributed by atoms with van der Waals surface area (Å²) in [5, 5.41) is 2.80. The summed E-state index contributed by atoms with van der Waals surface area (Å²) in [5.74, 6) is -0.274. The second-order valence-corrected chi connectivity index (χ2v) is 3.33. The molecular formula is C10H10BrNO3. The monoisotopic (exact) mass is 271 g/mol. The lowest BCUT2D eigenvalue weighted by Gasteiger charge is -2.08. The molecule has 0 atom stereocenters. The zero-order valence-corrected chi connectivity index (χ0v) is 9.71. The van der Waals surface area contributed by atoms with Gasteiger partial charge in [-0.2, -0.15) is 0 Å². The highest BCUT2D eigenvalue weighted by Crippen LogP contribution is 2.23. The molecule has 15 heavy (non-hydrogen) atoms. The Hall–Kier alpha value is -1.36. The molecule has 80 valence electrons. The van der Waals surface area contributed by atoms with E-state index >= 15 is 0 Å². The van der Waals surface area contributed by atoms with Gasteiger partial charge in [0.15, 0.2) is 5.75 Å². The Labute approximate surface area is 95.7 Å². The van der Waals surface area contributed by atoms with Gasteiger partial charge in [0.2, 0.25) is 5.91 Å². The Kier molecular flexibility index (Phi) is 4.30. The van der Waals surface area contributed by atoms with E-state index in [0.717, 1.165) is 0 Å². The van der Waals surface area contributed by atoms with Crippen LogP contribution in [-0.2, 0) is 9.59 Å². The van der Waals surface area contributed by atoms with E-state index in [1.54, 1.807) is 24.3 Å². The molecule has 1 aromatic rings. The van der Waals surface area contributed by atoms with Gasteiger partial charge in [-0.25, -0.2) is 0 Å². The summed E-state index contributed by atoms with van der Waals surface area (Å²) in [6, 6.07) is 6.75. The molecule has 0 saturated heterocycles. The van der Waals surface area contributed by atoms with Crippen molar-refractivity contribution in [2.45, 2.75) is 6.92 Å². The van der Waals surface area contributed by atoms with Crippen molar-refractivity contribution in [1.82, 2.24) is 0 Å². The van der Waals surface area contributed by atoms with Gasteiger partial charge in [-0.1, -0.05) is 28.1 Å². The van der Waals surface area contributed by atoms with Crippen molar-refractivity contribution in [1.29, 1.82) is 0 Å². The van der Waals surface area contributed by atoms with E-state index in [0.29, 0.717) is 11.4 Å². The molecule has 0 unspecified atom stereocenters. The van der Waals surface area contributed by atoms with Crippen LogP contribution >= 0.6 is 15.9 Å². The Morgan fingerprint density at radius 2 is 2.07 bits per heavy atom. The van der Waals surface area contributed by atoms with Gasteiger partial charge in [0.25, 0.3) is 0 Å². The fourth-order valence-electron chi connectivity index (χ4n) is 0.997. The van der Waals surface area contributed by atoms with Crippen molar-refractivity contribution < 1.29 is 14.3 Å². The lowest BCUT2D eigenvalue weighted by Crippen LogP contribution is -2.14. The maximum atomic E-state index is 11.1. The van der Waals surface area contributed by atoms with Crippen LogP contribution in [0.25, 0.3) is 0 Å². The Bertz CT molecular complexity index is 379. The summed E-state index contributed by atoms with van der Waals surface area (Å²) in [6.45, 7) is 1.31. The molecule has 0 aliphatic rings.